The van der Waals surface area contributed by atoms with E-state index in [-0.39, 0.29) is 5.54 Å². The standard InChI is InChI=1S/C10H16N2/c1-4-5-8-12-9(2)10(11-3)6-7-10/h4-5,8,11H,2,6-7H2,1,3H3/b5-4-,12-8?. The van der Waals surface area contributed by atoms with Crippen molar-refractivity contribution in [1.82, 2.24) is 5.32 Å². The van der Waals surface area contributed by atoms with Crippen molar-refractivity contribution in [3.63, 3.8) is 0 Å². The lowest BCUT2D eigenvalue weighted by Crippen LogP contribution is -2.28. The van der Waals surface area contributed by atoms with E-state index in [0.717, 1.165) is 18.5 Å². The number of likely N-dealkylation sites (N-methyl/N-ethyl adjacent to an activating group) is 1. The van der Waals surface area contributed by atoms with E-state index in [9.17, 15) is 0 Å². The summed E-state index contributed by atoms with van der Waals surface area (Å²) in [4.78, 5) is 4.25. The summed E-state index contributed by atoms with van der Waals surface area (Å²) in [5.74, 6) is 0. The first-order valence-corrected chi connectivity index (χ1v) is 4.29. The molecule has 2 heteroatoms. The van der Waals surface area contributed by atoms with Crippen LogP contribution in [0.4, 0.5) is 0 Å². The zero-order valence-corrected chi connectivity index (χ0v) is 7.80. The van der Waals surface area contributed by atoms with Crippen LogP contribution < -0.4 is 5.32 Å². The number of rotatable bonds is 4. The molecule has 1 rings (SSSR count). The quantitative estimate of drug-likeness (QED) is 0.630. The molecule has 1 aliphatic carbocycles. The number of hydrogen-bond donors (Lipinski definition) is 1. The second kappa shape index (κ2) is 3.68. The molecule has 0 atom stereocenters. The number of aliphatic imine (C=N–C) groups is 1. The smallest absolute Gasteiger partial charge is 0.0601 e. The van der Waals surface area contributed by atoms with Crippen molar-refractivity contribution >= 4 is 6.21 Å². The zero-order valence-electron chi connectivity index (χ0n) is 7.80. The first kappa shape index (κ1) is 9.20. The van der Waals surface area contributed by atoms with Gasteiger partial charge in [-0.3, -0.25) is 4.99 Å². The van der Waals surface area contributed by atoms with Crippen LogP contribution in [0, 0.1) is 0 Å². The van der Waals surface area contributed by atoms with Crippen LogP contribution in [0.1, 0.15) is 19.8 Å². The van der Waals surface area contributed by atoms with Crippen LogP contribution in [0.25, 0.3) is 0 Å². The first-order chi connectivity index (χ1) is 5.75. The lowest BCUT2D eigenvalue weighted by Gasteiger charge is -2.12. The van der Waals surface area contributed by atoms with Crippen LogP contribution in [-0.4, -0.2) is 18.8 Å². The molecule has 1 fully saturated rings. The van der Waals surface area contributed by atoms with E-state index in [1.807, 2.05) is 26.1 Å². The van der Waals surface area contributed by atoms with Crippen LogP contribution in [0.5, 0.6) is 0 Å². The van der Waals surface area contributed by atoms with Gasteiger partial charge in [0.25, 0.3) is 0 Å². The van der Waals surface area contributed by atoms with Gasteiger partial charge in [0.15, 0.2) is 0 Å². The molecule has 2 nitrogen and oxygen atoms in total. The molecule has 12 heavy (non-hydrogen) atoms. The summed E-state index contributed by atoms with van der Waals surface area (Å²) >= 11 is 0. The van der Waals surface area contributed by atoms with Crippen LogP contribution in [-0.2, 0) is 0 Å². The minimum absolute atomic E-state index is 0.123. The Morgan fingerprint density at radius 1 is 1.58 bits per heavy atom. The van der Waals surface area contributed by atoms with Crippen LogP contribution in [0.15, 0.2) is 29.4 Å². The summed E-state index contributed by atoms with van der Waals surface area (Å²) in [5.41, 5.74) is 1.07. The average molecular weight is 164 g/mol. The van der Waals surface area contributed by atoms with Crippen molar-refractivity contribution in [1.29, 1.82) is 0 Å². The summed E-state index contributed by atoms with van der Waals surface area (Å²) in [5, 5.41) is 3.24. The van der Waals surface area contributed by atoms with Crippen LogP contribution in [0.3, 0.4) is 0 Å². The largest absolute Gasteiger partial charge is 0.309 e. The predicted octanol–water partition coefficient (Wildman–Crippen LogP) is 1.90. The van der Waals surface area contributed by atoms with E-state index in [0.29, 0.717) is 0 Å². The Bertz CT molecular complexity index is 222. The highest BCUT2D eigenvalue weighted by Crippen LogP contribution is 2.41. The molecule has 0 aromatic heterocycles. The highest BCUT2D eigenvalue weighted by Gasteiger charge is 2.43. The molecule has 1 N–H and O–H groups in total. The minimum Gasteiger partial charge on any atom is -0.309 e. The normalized spacial score (nSPS) is 20.5. The van der Waals surface area contributed by atoms with E-state index in [2.05, 4.69) is 16.9 Å². The lowest BCUT2D eigenvalue weighted by atomic mass is 10.2. The van der Waals surface area contributed by atoms with Crippen molar-refractivity contribution in [2.45, 2.75) is 25.3 Å². The first-order valence-electron chi connectivity index (χ1n) is 4.29. The van der Waals surface area contributed by atoms with E-state index in [4.69, 9.17) is 0 Å². The third-order valence-electron chi connectivity index (χ3n) is 2.29. The Hall–Kier alpha value is -0.890. The maximum atomic E-state index is 4.25. The van der Waals surface area contributed by atoms with E-state index in [1.165, 1.54) is 0 Å². The summed E-state index contributed by atoms with van der Waals surface area (Å²) in [7, 11) is 1.96. The lowest BCUT2D eigenvalue weighted by molar-refractivity contribution is 0.630. The molecule has 0 saturated heterocycles. The Labute approximate surface area is 74.1 Å². The zero-order chi connectivity index (χ0) is 9.03. The van der Waals surface area contributed by atoms with Crippen molar-refractivity contribution in [2.24, 2.45) is 4.99 Å². The molecule has 0 heterocycles. The Kier molecular flexibility index (Phi) is 2.82. The molecule has 0 spiro atoms. The molecule has 0 unspecified atom stereocenters. The monoisotopic (exact) mass is 164 g/mol. The second-order valence-corrected chi connectivity index (χ2v) is 3.08. The van der Waals surface area contributed by atoms with Gasteiger partial charge in [0.05, 0.1) is 11.2 Å². The molecule has 1 aliphatic rings. The van der Waals surface area contributed by atoms with Gasteiger partial charge in [-0.05, 0) is 32.9 Å². The number of nitrogens with one attached hydrogen (secondary N) is 1. The van der Waals surface area contributed by atoms with Gasteiger partial charge in [-0.15, -0.1) is 0 Å². The topological polar surface area (TPSA) is 24.4 Å². The summed E-state index contributed by atoms with van der Waals surface area (Å²) in [6.45, 7) is 5.91. The molecule has 0 amide bonds. The van der Waals surface area contributed by atoms with Gasteiger partial charge in [-0.2, -0.15) is 0 Å². The van der Waals surface area contributed by atoms with Gasteiger partial charge in [0.2, 0.25) is 0 Å². The third kappa shape index (κ3) is 1.83. The fourth-order valence-corrected chi connectivity index (χ4v) is 1.15. The molecule has 0 aromatic carbocycles. The number of allylic oxidation sites excluding steroid dienone is 2. The highest BCUT2D eigenvalue weighted by atomic mass is 15.0. The van der Waals surface area contributed by atoms with Crippen molar-refractivity contribution in [3.8, 4) is 0 Å². The van der Waals surface area contributed by atoms with Gasteiger partial charge in [0.1, 0.15) is 0 Å². The van der Waals surface area contributed by atoms with Crippen molar-refractivity contribution < 1.29 is 0 Å². The second-order valence-electron chi connectivity index (χ2n) is 3.08. The molecular weight excluding hydrogens is 148 g/mol. The van der Waals surface area contributed by atoms with Crippen molar-refractivity contribution in [2.75, 3.05) is 7.05 Å². The molecule has 66 valence electrons. The molecule has 0 bridgehead atoms. The SMILES string of the molecule is C=C(N=C/C=C\C)C1(NC)CC1. The van der Waals surface area contributed by atoms with Gasteiger partial charge in [-0.25, -0.2) is 0 Å². The Morgan fingerprint density at radius 2 is 2.25 bits per heavy atom. The Balaban J connectivity index is 2.48. The van der Waals surface area contributed by atoms with Gasteiger partial charge in [0, 0.05) is 6.21 Å². The minimum atomic E-state index is 0.123. The van der Waals surface area contributed by atoms with E-state index >= 15 is 0 Å². The number of nitrogens with zero attached hydrogens (tertiary/aromatic N) is 1. The van der Waals surface area contributed by atoms with Crippen molar-refractivity contribution in [3.05, 3.63) is 24.4 Å². The molecule has 0 aliphatic heterocycles. The van der Waals surface area contributed by atoms with Gasteiger partial charge >= 0.3 is 0 Å². The molecule has 0 radical (unpaired) electrons. The fourth-order valence-electron chi connectivity index (χ4n) is 1.15. The van der Waals surface area contributed by atoms with E-state index < -0.39 is 0 Å². The summed E-state index contributed by atoms with van der Waals surface area (Å²) < 4.78 is 0. The highest BCUT2D eigenvalue weighted by molar-refractivity contribution is 5.72. The van der Waals surface area contributed by atoms with Gasteiger partial charge < -0.3 is 5.32 Å². The fraction of sp³-hybridized carbons (Fsp3) is 0.500. The summed E-state index contributed by atoms with van der Waals surface area (Å²) in [6.07, 6.45) is 7.98. The maximum absolute atomic E-state index is 4.25. The summed E-state index contributed by atoms with van der Waals surface area (Å²) in [6, 6.07) is 0. The van der Waals surface area contributed by atoms with Gasteiger partial charge in [-0.1, -0.05) is 12.7 Å². The van der Waals surface area contributed by atoms with Crippen LogP contribution in [0.2, 0.25) is 0 Å². The average Bonchev–Trinajstić information content (AvgIpc) is 2.85. The maximum Gasteiger partial charge on any atom is 0.0601 e. The third-order valence-corrected chi connectivity index (χ3v) is 2.29. The predicted molar refractivity (Wildman–Crippen MR) is 53.5 cm³/mol. The molecular formula is C10H16N2. The van der Waals surface area contributed by atoms with E-state index in [1.54, 1.807) is 6.21 Å². The number of hydrogen-bond acceptors (Lipinski definition) is 2. The van der Waals surface area contributed by atoms with Crippen LogP contribution >= 0.6 is 0 Å². The molecule has 0 aromatic rings. The molecule has 1 saturated carbocycles. The Morgan fingerprint density at radius 3 is 2.67 bits per heavy atom.